The lowest BCUT2D eigenvalue weighted by Gasteiger charge is -2.15. The third-order valence-corrected chi connectivity index (χ3v) is 2.68. The molecule has 1 rings (SSSR count). The number of amides is 1. The van der Waals surface area contributed by atoms with Gasteiger partial charge in [-0.05, 0) is 31.8 Å². The van der Waals surface area contributed by atoms with Gasteiger partial charge in [-0.25, -0.2) is 0 Å². The molecule has 2 N–H and O–H groups in total. The van der Waals surface area contributed by atoms with Gasteiger partial charge in [-0.1, -0.05) is 6.92 Å². The normalized spacial score (nSPS) is 23.4. The van der Waals surface area contributed by atoms with Crippen molar-refractivity contribution in [3.8, 4) is 0 Å². The molecule has 0 aromatic heterocycles. The minimum Gasteiger partial charge on any atom is -0.372 e. The zero-order valence-corrected chi connectivity index (χ0v) is 9.01. The third kappa shape index (κ3) is 3.27. The van der Waals surface area contributed by atoms with Crippen LogP contribution in [0.3, 0.4) is 0 Å². The number of ether oxygens (including phenoxy) is 1. The molecular formula is C10H20N2O2. The van der Waals surface area contributed by atoms with Crippen molar-refractivity contribution in [2.24, 2.45) is 5.92 Å². The zero-order valence-electron chi connectivity index (χ0n) is 9.01. The number of methoxy groups -OCH3 is 1. The van der Waals surface area contributed by atoms with Crippen LogP contribution in [0.2, 0.25) is 0 Å². The van der Waals surface area contributed by atoms with Crippen LogP contribution in [0.1, 0.15) is 19.8 Å². The quantitative estimate of drug-likeness (QED) is 0.663. The molecule has 0 radical (unpaired) electrons. The average molecular weight is 200 g/mol. The van der Waals surface area contributed by atoms with Gasteiger partial charge in [0.25, 0.3) is 0 Å². The summed E-state index contributed by atoms with van der Waals surface area (Å²) in [6, 6.07) is 0. The van der Waals surface area contributed by atoms with Gasteiger partial charge < -0.3 is 15.4 Å². The molecule has 0 saturated carbocycles. The standard InChI is InChI=1S/C10H20N2O2/c1-3-9(14-2)10(13)12-7-8-4-5-11-6-8/h8-9,11H,3-7H2,1-2H3,(H,12,13). The number of carbonyl (C=O) groups is 1. The number of nitrogens with one attached hydrogen (secondary N) is 2. The van der Waals surface area contributed by atoms with Crippen molar-refractivity contribution >= 4 is 5.91 Å². The van der Waals surface area contributed by atoms with E-state index in [0.29, 0.717) is 5.92 Å². The molecule has 0 aromatic rings. The maximum atomic E-state index is 11.5. The number of hydrogen-bond acceptors (Lipinski definition) is 3. The number of carbonyl (C=O) groups excluding carboxylic acids is 1. The lowest BCUT2D eigenvalue weighted by molar-refractivity contribution is -0.131. The van der Waals surface area contributed by atoms with Crippen LogP contribution in [0.15, 0.2) is 0 Å². The Morgan fingerprint density at radius 1 is 1.71 bits per heavy atom. The van der Waals surface area contributed by atoms with Gasteiger partial charge in [-0.2, -0.15) is 0 Å². The van der Waals surface area contributed by atoms with Gasteiger partial charge in [0, 0.05) is 13.7 Å². The Morgan fingerprint density at radius 3 is 3.00 bits per heavy atom. The van der Waals surface area contributed by atoms with Crippen LogP contribution >= 0.6 is 0 Å². The predicted molar refractivity (Wildman–Crippen MR) is 55.1 cm³/mol. The maximum Gasteiger partial charge on any atom is 0.249 e. The van der Waals surface area contributed by atoms with Gasteiger partial charge in [0.1, 0.15) is 6.10 Å². The first-order valence-electron chi connectivity index (χ1n) is 5.29. The van der Waals surface area contributed by atoms with Crippen molar-refractivity contribution in [2.45, 2.75) is 25.9 Å². The number of hydrogen-bond donors (Lipinski definition) is 2. The summed E-state index contributed by atoms with van der Waals surface area (Å²) in [6.07, 6.45) is 1.60. The van der Waals surface area contributed by atoms with Crippen molar-refractivity contribution in [1.29, 1.82) is 0 Å². The largest absolute Gasteiger partial charge is 0.372 e. The summed E-state index contributed by atoms with van der Waals surface area (Å²) in [5, 5.41) is 6.19. The van der Waals surface area contributed by atoms with Crippen LogP contribution in [0.5, 0.6) is 0 Å². The Balaban J connectivity index is 2.18. The highest BCUT2D eigenvalue weighted by molar-refractivity contribution is 5.80. The van der Waals surface area contributed by atoms with Crippen molar-refractivity contribution < 1.29 is 9.53 Å². The zero-order chi connectivity index (χ0) is 10.4. The molecule has 0 aromatic carbocycles. The summed E-state index contributed by atoms with van der Waals surface area (Å²) in [4.78, 5) is 11.5. The maximum absolute atomic E-state index is 11.5. The van der Waals surface area contributed by atoms with E-state index in [1.807, 2.05) is 6.92 Å². The smallest absolute Gasteiger partial charge is 0.249 e. The van der Waals surface area contributed by atoms with Crippen LogP contribution in [-0.4, -0.2) is 38.8 Å². The first-order valence-corrected chi connectivity index (χ1v) is 5.29. The second kappa shape index (κ2) is 5.98. The van der Waals surface area contributed by atoms with E-state index in [-0.39, 0.29) is 12.0 Å². The van der Waals surface area contributed by atoms with Gasteiger partial charge in [0.15, 0.2) is 0 Å². The molecule has 14 heavy (non-hydrogen) atoms. The van der Waals surface area contributed by atoms with Gasteiger partial charge in [-0.15, -0.1) is 0 Å². The molecule has 0 spiro atoms. The second-order valence-corrected chi connectivity index (χ2v) is 3.74. The average Bonchev–Trinajstić information content (AvgIpc) is 2.69. The van der Waals surface area contributed by atoms with Gasteiger partial charge in [0.2, 0.25) is 5.91 Å². The fourth-order valence-electron chi connectivity index (χ4n) is 1.71. The fraction of sp³-hybridized carbons (Fsp3) is 0.900. The van der Waals surface area contributed by atoms with E-state index in [0.717, 1.165) is 32.5 Å². The SMILES string of the molecule is CCC(OC)C(=O)NCC1CCNC1. The highest BCUT2D eigenvalue weighted by Crippen LogP contribution is 2.05. The lowest BCUT2D eigenvalue weighted by Crippen LogP contribution is -2.38. The van der Waals surface area contributed by atoms with Crippen molar-refractivity contribution in [3.05, 3.63) is 0 Å². The Bertz CT molecular complexity index is 175. The van der Waals surface area contributed by atoms with Gasteiger partial charge in [-0.3, -0.25) is 4.79 Å². The third-order valence-electron chi connectivity index (χ3n) is 2.68. The molecule has 1 fully saturated rings. The summed E-state index contributed by atoms with van der Waals surface area (Å²) in [7, 11) is 1.57. The van der Waals surface area contributed by atoms with E-state index in [4.69, 9.17) is 4.74 Å². The van der Waals surface area contributed by atoms with E-state index in [1.165, 1.54) is 0 Å². The molecule has 0 aliphatic carbocycles. The van der Waals surface area contributed by atoms with Crippen LogP contribution in [0.25, 0.3) is 0 Å². The van der Waals surface area contributed by atoms with Crippen molar-refractivity contribution in [2.75, 3.05) is 26.7 Å². The molecule has 1 aliphatic heterocycles. The molecule has 4 heteroatoms. The van der Waals surface area contributed by atoms with Crippen LogP contribution in [0, 0.1) is 5.92 Å². The molecule has 2 unspecified atom stereocenters. The van der Waals surface area contributed by atoms with Gasteiger partial charge in [0.05, 0.1) is 0 Å². The first-order chi connectivity index (χ1) is 6.77. The second-order valence-electron chi connectivity index (χ2n) is 3.74. The van der Waals surface area contributed by atoms with E-state index in [1.54, 1.807) is 7.11 Å². The fourth-order valence-corrected chi connectivity index (χ4v) is 1.71. The highest BCUT2D eigenvalue weighted by Gasteiger charge is 2.18. The summed E-state index contributed by atoms with van der Waals surface area (Å²) < 4.78 is 5.05. The van der Waals surface area contributed by atoms with Crippen LogP contribution in [-0.2, 0) is 9.53 Å². The summed E-state index contributed by atoms with van der Waals surface area (Å²) in [6.45, 7) is 4.81. The molecule has 0 bridgehead atoms. The van der Waals surface area contributed by atoms with Crippen molar-refractivity contribution in [3.63, 3.8) is 0 Å². The Morgan fingerprint density at radius 2 is 2.50 bits per heavy atom. The molecule has 82 valence electrons. The molecule has 1 aliphatic rings. The molecule has 1 saturated heterocycles. The van der Waals surface area contributed by atoms with Crippen LogP contribution < -0.4 is 10.6 Å². The van der Waals surface area contributed by atoms with E-state index in [2.05, 4.69) is 10.6 Å². The molecule has 4 nitrogen and oxygen atoms in total. The molecule has 2 atom stereocenters. The van der Waals surface area contributed by atoms with Crippen molar-refractivity contribution in [1.82, 2.24) is 10.6 Å². The van der Waals surface area contributed by atoms with E-state index >= 15 is 0 Å². The minimum atomic E-state index is -0.288. The topological polar surface area (TPSA) is 50.4 Å². The summed E-state index contributed by atoms with van der Waals surface area (Å²) in [5.74, 6) is 0.607. The monoisotopic (exact) mass is 200 g/mol. The van der Waals surface area contributed by atoms with E-state index < -0.39 is 0 Å². The molecule has 1 amide bonds. The highest BCUT2D eigenvalue weighted by atomic mass is 16.5. The molecular weight excluding hydrogens is 180 g/mol. The minimum absolute atomic E-state index is 0.0156. The van der Waals surface area contributed by atoms with E-state index in [9.17, 15) is 4.79 Å². The van der Waals surface area contributed by atoms with Crippen LogP contribution in [0.4, 0.5) is 0 Å². The predicted octanol–water partition coefficient (Wildman–Crippen LogP) is 0.137. The first kappa shape index (κ1) is 11.5. The Labute approximate surface area is 85.4 Å². The Kier molecular flexibility index (Phi) is 4.90. The summed E-state index contributed by atoms with van der Waals surface area (Å²) in [5.41, 5.74) is 0. The lowest BCUT2D eigenvalue weighted by atomic mass is 10.1. The van der Waals surface area contributed by atoms with Gasteiger partial charge >= 0.3 is 0 Å². The summed E-state index contributed by atoms with van der Waals surface area (Å²) >= 11 is 0. The molecule has 1 heterocycles. The number of rotatable bonds is 5. The Hall–Kier alpha value is -0.610.